The molecule has 0 saturated heterocycles. The van der Waals surface area contributed by atoms with Crippen molar-refractivity contribution in [3.05, 3.63) is 53.9 Å². The lowest BCUT2D eigenvalue weighted by Crippen LogP contribution is -2.37. The van der Waals surface area contributed by atoms with Crippen molar-refractivity contribution >= 4 is 18.0 Å². The van der Waals surface area contributed by atoms with Crippen molar-refractivity contribution in [1.82, 2.24) is 20.3 Å². The van der Waals surface area contributed by atoms with E-state index in [-0.39, 0.29) is 5.91 Å². The summed E-state index contributed by atoms with van der Waals surface area (Å²) in [4.78, 5) is 23.6. The Bertz CT molecular complexity index is 753. The Hall–Kier alpha value is -2.96. The minimum absolute atomic E-state index is 0.311. The quantitative estimate of drug-likeness (QED) is 0.578. The molecule has 0 aliphatic heterocycles. The second-order valence-corrected chi connectivity index (χ2v) is 6.38. The van der Waals surface area contributed by atoms with Crippen LogP contribution in [0.3, 0.4) is 0 Å². The largest absolute Gasteiger partial charge is 0.449 e. The van der Waals surface area contributed by atoms with E-state index in [1.807, 2.05) is 44.2 Å². The molecule has 1 aromatic carbocycles. The molecule has 1 aromatic heterocycles. The molecule has 0 unspecified atom stereocenters. The third-order valence-electron chi connectivity index (χ3n) is 3.48. The maximum atomic E-state index is 11.8. The number of carbonyl (C=O) groups is 2. The molecule has 0 aliphatic rings. The van der Waals surface area contributed by atoms with Gasteiger partial charge in [-0.25, -0.2) is 9.48 Å². The molecule has 0 radical (unpaired) electrons. The molecule has 0 spiro atoms. The molecular weight excluding hydrogens is 332 g/mol. The maximum Gasteiger partial charge on any atom is 0.331 e. The highest BCUT2D eigenvalue weighted by atomic mass is 16.5. The van der Waals surface area contributed by atoms with Crippen molar-refractivity contribution in [2.24, 2.45) is 5.92 Å². The lowest BCUT2D eigenvalue weighted by Gasteiger charge is -2.13. The zero-order valence-corrected chi connectivity index (χ0v) is 15.3. The number of carbonyl (C=O) groups excluding carboxylic acids is 2. The van der Waals surface area contributed by atoms with Crippen molar-refractivity contribution in [3.63, 3.8) is 0 Å². The van der Waals surface area contributed by atoms with Crippen LogP contribution in [0.2, 0.25) is 0 Å². The summed E-state index contributed by atoms with van der Waals surface area (Å²) in [5.74, 6) is -0.579. The zero-order chi connectivity index (χ0) is 18.9. The van der Waals surface area contributed by atoms with Crippen LogP contribution in [-0.4, -0.2) is 39.5 Å². The van der Waals surface area contributed by atoms with Crippen LogP contribution in [0.25, 0.3) is 6.08 Å². The summed E-state index contributed by atoms with van der Waals surface area (Å²) in [7, 11) is 0. The Morgan fingerprint density at radius 3 is 2.65 bits per heavy atom. The predicted octanol–water partition coefficient (Wildman–Crippen LogP) is 2.04. The van der Waals surface area contributed by atoms with Gasteiger partial charge in [0.15, 0.2) is 6.10 Å². The van der Waals surface area contributed by atoms with Crippen molar-refractivity contribution < 1.29 is 14.3 Å². The van der Waals surface area contributed by atoms with Gasteiger partial charge in [0.1, 0.15) is 5.69 Å². The van der Waals surface area contributed by atoms with E-state index < -0.39 is 12.1 Å². The standard InChI is InChI=1S/C19H24N4O3/c1-14(2)11-20-19(25)15(3)26-18(24)10-9-17-13-23(22-21-17)12-16-7-5-4-6-8-16/h4-10,13-15H,11-12H2,1-3H3,(H,20,25)/b10-9+/t15-/m1/s1. The number of benzene rings is 1. The van der Waals surface area contributed by atoms with Crippen molar-refractivity contribution in [2.75, 3.05) is 6.54 Å². The summed E-state index contributed by atoms with van der Waals surface area (Å²) in [5, 5.41) is 10.7. The highest BCUT2D eigenvalue weighted by molar-refractivity contribution is 5.90. The van der Waals surface area contributed by atoms with Gasteiger partial charge < -0.3 is 10.1 Å². The summed E-state index contributed by atoms with van der Waals surface area (Å²) in [6, 6.07) is 9.87. The van der Waals surface area contributed by atoms with E-state index in [0.29, 0.717) is 24.7 Å². The van der Waals surface area contributed by atoms with Gasteiger partial charge in [-0.05, 0) is 24.5 Å². The van der Waals surface area contributed by atoms with E-state index in [1.54, 1.807) is 10.9 Å². The average molecular weight is 356 g/mol. The molecule has 1 heterocycles. The first-order valence-electron chi connectivity index (χ1n) is 8.54. The number of hydrogen-bond donors (Lipinski definition) is 1. The van der Waals surface area contributed by atoms with Crippen molar-refractivity contribution in [3.8, 4) is 0 Å². The Labute approximate surface area is 153 Å². The number of ether oxygens (including phenoxy) is 1. The number of amides is 1. The highest BCUT2D eigenvalue weighted by Crippen LogP contribution is 2.04. The number of hydrogen-bond acceptors (Lipinski definition) is 5. The SMILES string of the molecule is CC(C)CNC(=O)[C@@H](C)OC(=O)/C=C/c1cn(Cc2ccccc2)nn1. The average Bonchev–Trinajstić information content (AvgIpc) is 3.06. The van der Waals surface area contributed by atoms with Crippen LogP contribution in [0.5, 0.6) is 0 Å². The summed E-state index contributed by atoms with van der Waals surface area (Å²) < 4.78 is 6.76. The first-order chi connectivity index (χ1) is 12.4. The highest BCUT2D eigenvalue weighted by Gasteiger charge is 2.16. The molecule has 0 bridgehead atoms. The normalized spacial score (nSPS) is 12.3. The van der Waals surface area contributed by atoms with E-state index in [1.165, 1.54) is 19.1 Å². The van der Waals surface area contributed by atoms with Gasteiger partial charge in [0.05, 0.1) is 12.7 Å². The fraction of sp³-hybridized carbons (Fsp3) is 0.368. The molecule has 138 valence electrons. The van der Waals surface area contributed by atoms with E-state index in [4.69, 9.17) is 4.74 Å². The summed E-state index contributed by atoms with van der Waals surface area (Å²) in [5.41, 5.74) is 1.64. The third kappa shape index (κ3) is 6.51. The number of nitrogens with one attached hydrogen (secondary N) is 1. The van der Waals surface area contributed by atoms with E-state index >= 15 is 0 Å². The van der Waals surface area contributed by atoms with Gasteiger partial charge in [0.25, 0.3) is 5.91 Å². The van der Waals surface area contributed by atoms with Crippen molar-refractivity contribution in [1.29, 1.82) is 0 Å². The van der Waals surface area contributed by atoms with Crippen LogP contribution in [0.1, 0.15) is 32.0 Å². The molecule has 2 aromatic rings. The monoisotopic (exact) mass is 356 g/mol. The Kier molecular flexibility index (Phi) is 7.08. The molecule has 0 saturated carbocycles. The summed E-state index contributed by atoms with van der Waals surface area (Å²) >= 11 is 0. The Morgan fingerprint density at radius 2 is 1.96 bits per heavy atom. The first-order valence-corrected chi connectivity index (χ1v) is 8.54. The molecule has 1 N–H and O–H groups in total. The molecule has 0 fully saturated rings. The van der Waals surface area contributed by atoms with E-state index in [9.17, 15) is 9.59 Å². The summed E-state index contributed by atoms with van der Waals surface area (Å²) in [6.07, 6.45) is 3.63. The second-order valence-electron chi connectivity index (χ2n) is 6.38. The molecule has 0 aliphatic carbocycles. The topological polar surface area (TPSA) is 86.1 Å². The van der Waals surface area contributed by atoms with Gasteiger partial charge in [-0.2, -0.15) is 0 Å². The van der Waals surface area contributed by atoms with Gasteiger partial charge in [0, 0.05) is 12.6 Å². The second kappa shape index (κ2) is 9.50. The predicted molar refractivity (Wildman–Crippen MR) is 98.0 cm³/mol. The summed E-state index contributed by atoms with van der Waals surface area (Å²) in [6.45, 7) is 6.66. The lowest BCUT2D eigenvalue weighted by molar-refractivity contribution is -0.150. The van der Waals surface area contributed by atoms with Gasteiger partial charge in [0.2, 0.25) is 0 Å². The van der Waals surface area contributed by atoms with Crippen LogP contribution in [0, 0.1) is 5.92 Å². The Balaban J connectivity index is 1.83. The van der Waals surface area contributed by atoms with Gasteiger partial charge >= 0.3 is 5.97 Å². The van der Waals surface area contributed by atoms with Crippen LogP contribution < -0.4 is 5.32 Å². The molecule has 1 amide bonds. The molecule has 1 atom stereocenters. The van der Waals surface area contributed by atoms with E-state index in [2.05, 4.69) is 15.6 Å². The first kappa shape index (κ1) is 19.4. The fourth-order valence-corrected chi connectivity index (χ4v) is 2.11. The molecule has 26 heavy (non-hydrogen) atoms. The van der Waals surface area contributed by atoms with E-state index in [0.717, 1.165) is 5.56 Å². The van der Waals surface area contributed by atoms with Crippen molar-refractivity contribution in [2.45, 2.75) is 33.4 Å². The van der Waals surface area contributed by atoms with Gasteiger partial charge in [-0.1, -0.05) is 49.4 Å². The zero-order valence-electron chi connectivity index (χ0n) is 15.3. The smallest absolute Gasteiger partial charge is 0.331 e. The van der Waals surface area contributed by atoms with Crippen LogP contribution in [0.4, 0.5) is 0 Å². The van der Waals surface area contributed by atoms with Crippen LogP contribution in [0.15, 0.2) is 42.6 Å². The lowest BCUT2D eigenvalue weighted by atomic mass is 10.2. The van der Waals surface area contributed by atoms with Crippen LogP contribution >= 0.6 is 0 Å². The Morgan fingerprint density at radius 1 is 1.23 bits per heavy atom. The minimum Gasteiger partial charge on any atom is -0.449 e. The minimum atomic E-state index is -0.848. The molecule has 7 nitrogen and oxygen atoms in total. The number of rotatable bonds is 8. The molecule has 7 heteroatoms. The van der Waals surface area contributed by atoms with Gasteiger partial charge in [-0.15, -0.1) is 5.10 Å². The molecular formula is C19H24N4O3. The number of esters is 1. The number of nitrogens with zero attached hydrogens (tertiary/aromatic N) is 3. The number of aromatic nitrogens is 3. The molecule has 2 rings (SSSR count). The van der Waals surface area contributed by atoms with Crippen LogP contribution in [-0.2, 0) is 20.9 Å². The third-order valence-corrected chi connectivity index (χ3v) is 3.48. The maximum absolute atomic E-state index is 11.8. The fourth-order valence-electron chi connectivity index (χ4n) is 2.11. The van der Waals surface area contributed by atoms with Gasteiger partial charge in [-0.3, -0.25) is 4.79 Å².